The van der Waals surface area contributed by atoms with Gasteiger partial charge in [-0.25, -0.2) is 0 Å². The van der Waals surface area contributed by atoms with Crippen molar-refractivity contribution in [1.29, 1.82) is 0 Å². The first-order valence-electron chi connectivity index (χ1n) is 8.73. The van der Waals surface area contributed by atoms with E-state index >= 15 is 0 Å². The molecule has 0 fully saturated rings. The molecule has 0 aliphatic rings. The van der Waals surface area contributed by atoms with Gasteiger partial charge in [0.2, 0.25) is 5.91 Å². The maximum Gasteiger partial charge on any atom is 0.308 e. The van der Waals surface area contributed by atoms with E-state index in [1.807, 2.05) is 61.5 Å². The highest BCUT2D eigenvalue weighted by atomic mass is 16.5. The number of carboxylic acids is 1. The number of hydrogen-bond acceptors (Lipinski definition) is 3. The molecule has 2 aromatic rings. The topological polar surface area (TPSA) is 75.6 Å². The van der Waals surface area contributed by atoms with E-state index in [4.69, 9.17) is 4.74 Å². The summed E-state index contributed by atoms with van der Waals surface area (Å²) >= 11 is 0. The minimum absolute atomic E-state index is 0.107. The van der Waals surface area contributed by atoms with E-state index in [0.717, 1.165) is 16.9 Å². The predicted octanol–water partition coefficient (Wildman–Crippen LogP) is 3.25. The third-order valence-corrected chi connectivity index (χ3v) is 4.44. The fraction of sp³-hybridized carbons (Fsp3) is 0.333. The van der Waals surface area contributed by atoms with Crippen molar-refractivity contribution >= 4 is 11.9 Å². The molecule has 0 aromatic heterocycles. The second-order valence-corrected chi connectivity index (χ2v) is 6.20. The van der Waals surface area contributed by atoms with E-state index in [1.165, 1.54) is 0 Å². The van der Waals surface area contributed by atoms with Crippen LogP contribution in [0.3, 0.4) is 0 Å². The molecule has 26 heavy (non-hydrogen) atoms. The van der Waals surface area contributed by atoms with Crippen LogP contribution in [-0.2, 0) is 16.0 Å². The molecule has 2 unspecified atom stereocenters. The first kappa shape index (κ1) is 19.5. The summed E-state index contributed by atoms with van der Waals surface area (Å²) in [5.41, 5.74) is 1.83. The molecular formula is C21H25NO4. The van der Waals surface area contributed by atoms with Gasteiger partial charge in [-0.1, -0.05) is 49.4 Å². The number of carbonyl (C=O) groups is 2. The minimum atomic E-state index is -0.911. The van der Waals surface area contributed by atoms with E-state index in [1.54, 1.807) is 7.11 Å². The maximum absolute atomic E-state index is 12.6. The Hall–Kier alpha value is -2.82. The zero-order valence-electron chi connectivity index (χ0n) is 15.1. The lowest BCUT2D eigenvalue weighted by Gasteiger charge is -2.18. The number of aliphatic carboxylic acids is 1. The van der Waals surface area contributed by atoms with Gasteiger partial charge in [0.1, 0.15) is 5.75 Å². The third kappa shape index (κ3) is 5.34. The Morgan fingerprint density at radius 3 is 2.27 bits per heavy atom. The Labute approximate surface area is 154 Å². The van der Waals surface area contributed by atoms with Crippen molar-refractivity contribution in [2.45, 2.75) is 25.7 Å². The zero-order chi connectivity index (χ0) is 18.9. The normalized spacial score (nSPS) is 12.8. The molecule has 0 aliphatic heterocycles. The first-order valence-corrected chi connectivity index (χ1v) is 8.73. The van der Waals surface area contributed by atoms with Crippen LogP contribution in [0.15, 0.2) is 54.6 Å². The number of amides is 1. The van der Waals surface area contributed by atoms with Crippen LogP contribution in [0.25, 0.3) is 0 Å². The summed E-state index contributed by atoms with van der Waals surface area (Å²) in [5, 5.41) is 12.3. The Kier molecular flexibility index (Phi) is 7.21. The quantitative estimate of drug-likeness (QED) is 0.724. The van der Waals surface area contributed by atoms with Crippen LogP contribution in [0, 0.1) is 5.92 Å². The molecular weight excluding hydrogens is 330 g/mol. The molecule has 0 radical (unpaired) electrons. The lowest BCUT2D eigenvalue weighted by atomic mass is 9.94. The van der Waals surface area contributed by atoms with Crippen molar-refractivity contribution in [3.63, 3.8) is 0 Å². The average molecular weight is 355 g/mol. The number of ether oxygens (including phenoxy) is 1. The summed E-state index contributed by atoms with van der Waals surface area (Å²) in [6.07, 6.45) is 1.02. The van der Waals surface area contributed by atoms with Gasteiger partial charge < -0.3 is 15.2 Å². The fourth-order valence-electron chi connectivity index (χ4n) is 2.90. The lowest BCUT2D eigenvalue weighted by Crippen LogP contribution is -2.36. The average Bonchev–Trinajstić information content (AvgIpc) is 2.66. The molecule has 138 valence electrons. The van der Waals surface area contributed by atoms with E-state index in [9.17, 15) is 14.7 Å². The molecule has 1 amide bonds. The number of methoxy groups -OCH3 is 1. The molecule has 5 heteroatoms. The third-order valence-electron chi connectivity index (χ3n) is 4.44. The van der Waals surface area contributed by atoms with Gasteiger partial charge in [0.25, 0.3) is 0 Å². The van der Waals surface area contributed by atoms with Gasteiger partial charge in [-0.05, 0) is 36.1 Å². The van der Waals surface area contributed by atoms with Crippen molar-refractivity contribution < 1.29 is 19.4 Å². The van der Waals surface area contributed by atoms with Crippen LogP contribution in [0.2, 0.25) is 0 Å². The van der Waals surface area contributed by atoms with Crippen LogP contribution >= 0.6 is 0 Å². The Balaban J connectivity index is 1.99. The van der Waals surface area contributed by atoms with Crippen LogP contribution in [0.4, 0.5) is 0 Å². The maximum atomic E-state index is 12.6. The summed E-state index contributed by atoms with van der Waals surface area (Å²) in [6.45, 7) is 2.04. The van der Waals surface area contributed by atoms with Gasteiger partial charge in [-0.2, -0.15) is 0 Å². The highest BCUT2D eigenvalue weighted by Gasteiger charge is 2.23. The molecule has 5 nitrogen and oxygen atoms in total. The van der Waals surface area contributed by atoms with E-state index in [-0.39, 0.29) is 18.4 Å². The van der Waals surface area contributed by atoms with Crippen molar-refractivity contribution in [2.24, 2.45) is 5.92 Å². The number of carbonyl (C=O) groups excluding carboxylic acids is 1. The van der Waals surface area contributed by atoms with Crippen LogP contribution in [0.1, 0.15) is 30.4 Å². The lowest BCUT2D eigenvalue weighted by molar-refractivity contribution is -0.141. The Bertz CT molecular complexity index is 713. The summed E-state index contributed by atoms with van der Waals surface area (Å²) < 4.78 is 5.14. The Morgan fingerprint density at radius 2 is 1.73 bits per heavy atom. The molecule has 0 saturated carbocycles. The van der Waals surface area contributed by atoms with Gasteiger partial charge >= 0.3 is 5.97 Å². The van der Waals surface area contributed by atoms with Crippen LogP contribution < -0.4 is 10.1 Å². The van der Waals surface area contributed by atoms with E-state index in [2.05, 4.69) is 5.32 Å². The van der Waals surface area contributed by atoms with Gasteiger partial charge in [0, 0.05) is 6.54 Å². The molecule has 0 saturated heterocycles. The smallest absolute Gasteiger partial charge is 0.308 e. The van der Waals surface area contributed by atoms with Crippen molar-refractivity contribution in [1.82, 2.24) is 5.32 Å². The fourth-order valence-corrected chi connectivity index (χ4v) is 2.90. The van der Waals surface area contributed by atoms with Crippen LogP contribution in [-0.4, -0.2) is 30.6 Å². The standard InChI is InChI=1S/C21H25NO4/c1-3-19(16-9-11-18(26-2)12-10-16)20(23)22-14-17(21(24)25)13-15-7-5-4-6-8-15/h4-12,17,19H,3,13-14H2,1-2H3,(H,22,23)(H,24,25). The number of hydrogen-bond donors (Lipinski definition) is 2. The summed E-state index contributed by atoms with van der Waals surface area (Å²) in [6, 6.07) is 16.8. The summed E-state index contributed by atoms with van der Waals surface area (Å²) in [4.78, 5) is 24.1. The predicted molar refractivity (Wildman–Crippen MR) is 100 cm³/mol. The Morgan fingerprint density at radius 1 is 1.08 bits per heavy atom. The molecule has 0 aliphatic carbocycles. The second-order valence-electron chi connectivity index (χ2n) is 6.20. The monoisotopic (exact) mass is 355 g/mol. The molecule has 0 bridgehead atoms. The number of benzene rings is 2. The second kappa shape index (κ2) is 9.61. The van der Waals surface area contributed by atoms with E-state index < -0.39 is 11.9 Å². The highest BCUT2D eigenvalue weighted by molar-refractivity contribution is 5.84. The number of rotatable bonds is 9. The molecule has 2 aromatic carbocycles. The van der Waals surface area contributed by atoms with Crippen LogP contribution in [0.5, 0.6) is 5.75 Å². The zero-order valence-corrected chi connectivity index (χ0v) is 15.1. The van der Waals surface area contributed by atoms with Crippen molar-refractivity contribution in [2.75, 3.05) is 13.7 Å². The number of carboxylic acid groups (broad SMARTS) is 1. The van der Waals surface area contributed by atoms with Crippen molar-refractivity contribution in [3.05, 3.63) is 65.7 Å². The minimum Gasteiger partial charge on any atom is -0.497 e. The van der Waals surface area contributed by atoms with Gasteiger partial charge in [-0.15, -0.1) is 0 Å². The van der Waals surface area contributed by atoms with Crippen molar-refractivity contribution in [3.8, 4) is 5.75 Å². The SMILES string of the molecule is CCC(C(=O)NCC(Cc1ccccc1)C(=O)O)c1ccc(OC)cc1. The van der Waals surface area contributed by atoms with Gasteiger partial charge in [0.05, 0.1) is 18.9 Å². The van der Waals surface area contributed by atoms with Gasteiger partial charge in [0.15, 0.2) is 0 Å². The van der Waals surface area contributed by atoms with Gasteiger partial charge in [-0.3, -0.25) is 9.59 Å². The highest BCUT2D eigenvalue weighted by Crippen LogP contribution is 2.22. The first-order chi connectivity index (χ1) is 12.5. The largest absolute Gasteiger partial charge is 0.497 e. The molecule has 0 heterocycles. The molecule has 2 N–H and O–H groups in total. The summed E-state index contributed by atoms with van der Waals surface area (Å²) in [7, 11) is 1.60. The molecule has 2 atom stereocenters. The molecule has 0 spiro atoms. The summed E-state index contributed by atoms with van der Waals surface area (Å²) in [5.74, 6) is -1.30. The van der Waals surface area contributed by atoms with E-state index in [0.29, 0.717) is 12.8 Å². The number of nitrogens with one attached hydrogen (secondary N) is 1. The molecule has 2 rings (SSSR count).